The van der Waals surface area contributed by atoms with E-state index in [9.17, 15) is 18.4 Å². The summed E-state index contributed by atoms with van der Waals surface area (Å²) >= 11 is 0. The van der Waals surface area contributed by atoms with Crippen LogP contribution in [0.4, 0.5) is 20.3 Å². The van der Waals surface area contributed by atoms with Crippen LogP contribution < -0.4 is 15.4 Å². The first-order valence-corrected chi connectivity index (χ1v) is 8.69. The number of benzene rings is 1. The maximum absolute atomic E-state index is 13.9. The number of anilines is 2. The van der Waals surface area contributed by atoms with E-state index in [4.69, 9.17) is 10.1 Å². The first-order valence-electron chi connectivity index (χ1n) is 8.69. The Bertz CT molecular complexity index is 903. The van der Waals surface area contributed by atoms with Crippen molar-refractivity contribution in [3.63, 3.8) is 0 Å². The largest absolute Gasteiger partial charge is 0.480 e. The number of hydrogen-bond acceptors (Lipinski definition) is 6. The third-order valence-electron chi connectivity index (χ3n) is 4.04. The molecule has 8 nitrogen and oxygen atoms in total. The third-order valence-corrected chi connectivity index (χ3v) is 4.04. The molecule has 1 aromatic heterocycles. The lowest BCUT2D eigenvalue weighted by Gasteiger charge is -2.18. The van der Waals surface area contributed by atoms with E-state index in [0.29, 0.717) is 0 Å². The Morgan fingerprint density at radius 2 is 1.90 bits per heavy atom. The number of nitrogens with one attached hydrogen (secondary N) is 3. The smallest absolute Gasteiger partial charge is 0.273 e. The lowest BCUT2D eigenvalue weighted by atomic mass is 10.0. The number of carbonyl (C=O) groups excluding carboxylic acids is 2. The molecule has 0 saturated heterocycles. The van der Waals surface area contributed by atoms with E-state index < -0.39 is 30.1 Å². The molecule has 29 heavy (non-hydrogen) atoms. The van der Waals surface area contributed by atoms with Crippen molar-refractivity contribution in [3.8, 4) is 5.88 Å². The number of ether oxygens (including phenoxy) is 1. The van der Waals surface area contributed by atoms with Crippen LogP contribution >= 0.6 is 0 Å². The maximum atomic E-state index is 13.9. The zero-order chi connectivity index (χ0) is 21.6. The highest BCUT2D eigenvalue weighted by molar-refractivity contribution is 6.24. The highest BCUT2D eigenvalue weighted by Crippen LogP contribution is 2.32. The number of hydrogen-bond donors (Lipinski definition) is 3. The van der Waals surface area contributed by atoms with Crippen molar-refractivity contribution in [2.45, 2.75) is 26.2 Å². The van der Waals surface area contributed by atoms with Crippen LogP contribution in [-0.2, 0) is 15.5 Å². The Balaban J connectivity index is 2.15. The Labute approximate surface area is 166 Å². The Hall–Kier alpha value is -3.43. The molecule has 0 radical (unpaired) electrons. The number of methoxy groups -OCH3 is 1. The summed E-state index contributed by atoms with van der Waals surface area (Å²) in [6.07, 6.45) is 2.13. The summed E-state index contributed by atoms with van der Waals surface area (Å²) in [7, 11) is 1.41. The molecule has 1 unspecified atom stereocenters. The van der Waals surface area contributed by atoms with Crippen LogP contribution in [0.25, 0.3) is 0 Å². The highest BCUT2D eigenvalue weighted by Gasteiger charge is 2.31. The molecule has 2 amide bonds. The van der Waals surface area contributed by atoms with Gasteiger partial charge in [0, 0.05) is 23.4 Å². The average Bonchev–Trinajstić information content (AvgIpc) is 2.68. The predicted molar refractivity (Wildman–Crippen MR) is 103 cm³/mol. The summed E-state index contributed by atoms with van der Waals surface area (Å²) in [5, 5.41) is 12.6. The fourth-order valence-corrected chi connectivity index (χ4v) is 2.44. The first-order chi connectivity index (χ1) is 13.7. The maximum Gasteiger partial charge on any atom is 0.273 e. The van der Waals surface area contributed by atoms with Gasteiger partial charge in [-0.2, -0.15) is 0 Å². The van der Waals surface area contributed by atoms with E-state index in [-0.39, 0.29) is 28.7 Å². The van der Waals surface area contributed by atoms with Gasteiger partial charge in [-0.15, -0.1) is 0 Å². The Morgan fingerprint density at radius 1 is 1.21 bits per heavy atom. The molecule has 1 heterocycles. The Morgan fingerprint density at radius 3 is 2.45 bits per heavy atom. The van der Waals surface area contributed by atoms with Crippen LogP contribution in [-0.4, -0.2) is 34.6 Å². The van der Waals surface area contributed by atoms with Gasteiger partial charge in [0.25, 0.3) is 5.92 Å². The van der Waals surface area contributed by atoms with E-state index in [1.165, 1.54) is 51.6 Å². The van der Waals surface area contributed by atoms with Crippen molar-refractivity contribution in [1.82, 2.24) is 9.97 Å². The quantitative estimate of drug-likeness (QED) is 0.460. The normalized spacial score (nSPS) is 12.0. The molecular weight excluding hydrogens is 384 g/mol. The number of nitrogens with zero attached hydrogens (tertiary/aromatic N) is 2. The number of amides is 2. The van der Waals surface area contributed by atoms with Crippen LogP contribution in [0.1, 0.15) is 25.8 Å². The molecule has 0 aliphatic heterocycles. The van der Waals surface area contributed by atoms with Crippen LogP contribution in [0.2, 0.25) is 0 Å². The molecule has 0 bridgehead atoms. The van der Waals surface area contributed by atoms with Gasteiger partial charge in [-0.3, -0.25) is 9.59 Å². The van der Waals surface area contributed by atoms with Gasteiger partial charge in [-0.05, 0) is 19.1 Å². The zero-order valence-corrected chi connectivity index (χ0v) is 16.1. The summed E-state index contributed by atoms with van der Waals surface area (Å²) < 4.78 is 32.6. The molecule has 10 heteroatoms. The van der Waals surface area contributed by atoms with Crippen LogP contribution in [0.5, 0.6) is 5.88 Å². The molecule has 2 rings (SSSR count). The van der Waals surface area contributed by atoms with Crippen molar-refractivity contribution in [1.29, 1.82) is 5.41 Å². The molecule has 0 aliphatic carbocycles. The third kappa shape index (κ3) is 5.53. The molecule has 0 spiro atoms. The molecule has 0 aliphatic rings. The van der Waals surface area contributed by atoms with Crippen molar-refractivity contribution in [3.05, 3.63) is 42.2 Å². The summed E-state index contributed by atoms with van der Waals surface area (Å²) in [5.74, 6) is -5.84. The second kappa shape index (κ2) is 9.18. The minimum Gasteiger partial charge on any atom is -0.480 e. The van der Waals surface area contributed by atoms with Crippen LogP contribution in [0.3, 0.4) is 0 Å². The molecule has 1 aromatic carbocycles. The van der Waals surface area contributed by atoms with Gasteiger partial charge in [-0.1, -0.05) is 19.1 Å². The first kappa shape index (κ1) is 21.9. The Kier molecular flexibility index (Phi) is 6.92. The SMILES string of the molecule is CCC(F)(F)c1cccc(NC(=O)C(C(C)=N)C(=O)Nc2cnc(OC)cn2)c1. The monoisotopic (exact) mass is 405 g/mol. The fraction of sp³-hybridized carbons (Fsp3) is 0.316. The van der Waals surface area contributed by atoms with Crippen molar-refractivity contribution in [2.24, 2.45) is 5.92 Å². The predicted octanol–water partition coefficient (Wildman–Crippen LogP) is 3.22. The number of rotatable bonds is 8. The van der Waals surface area contributed by atoms with Gasteiger partial charge < -0.3 is 20.8 Å². The second-order valence-electron chi connectivity index (χ2n) is 6.18. The number of halogens is 2. The summed E-state index contributed by atoms with van der Waals surface area (Å²) in [6.45, 7) is 2.65. The van der Waals surface area contributed by atoms with Gasteiger partial charge in [0.15, 0.2) is 11.7 Å². The number of alkyl halides is 2. The van der Waals surface area contributed by atoms with Crippen LogP contribution in [0.15, 0.2) is 36.7 Å². The van der Waals surface area contributed by atoms with Gasteiger partial charge in [0.1, 0.15) is 0 Å². The van der Waals surface area contributed by atoms with E-state index in [1.807, 2.05) is 0 Å². The van der Waals surface area contributed by atoms with Gasteiger partial charge in [0.2, 0.25) is 17.7 Å². The van der Waals surface area contributed by atoms with Crippen molar-refractivity contribution < 1.29 is 23.1 Å². The molecule has 2 aromatic rings. The lowest BCUT2D eigenvalue weighted by Crippen LogP contribution is -2.38. The minimum atomic E-state index is -3.04. The molecular formula is C19H21F2N5O3. The molecule has 0 fully saturated rings. The molecule has 154 valence electrons. The second-order valence-corrected chi connectivity index (χ2v) is 6.18. The van der Waals surface area contributed by atoms with Gasteiger partial charge in [0.05, 0.1) is 19.5 Å². The molecule has 0 saturated carbocycles. The summed E-state index contributed by atoms with van der Waals surface area (Å²) in [5.41, 5.74) is -0.376. The number of aromatic nitrogens is 2. The lowest BCUT2D eigenvalue weighted by molar-refractivity contribution is -0.126. The van der Waals surface area contributed by atoms with Crippen LogP contribution in [0, 0.1) is 11.3 Å². The average molecular weight is 405 g/mol. The summed E-state index contributed by atoms with van der Waals surface area (Å²) in [4.78, 5) is 32.8. The number of carbonyl (C=O) groups is 2. The standard InChI is InChI=1S/C19H21F2N5O3/c1-4-19(20,21)12-6-5-7-13(8-12)25-17(27)16(11(2)22)18(28)26-14-9-24-15(29-3)10-23-14/h5-10,16,22H,4H2,1-3H3,(H,25,27)(H,23,26,28). The topological polar surface area (TPSA) is 117 Å². The minimum absolute atomic E-state index is 0.0689. The highest BCUT2D eigenvalue weighted by atomic mass is 19.3. The molecule has 3 N–H and O–H groups in total. The summed E-state index contributed by atoms with van der Waals surface area (Å²) in [6, 6.07) is 5.21. The fourth-order valence-electron chi connectivity index (χ4n) is 2.44. The molecule has 1 atom stereocenters. The van der Waals surface area contributed by atoms with E-state index in [0.717, 1.165) is 6.07 Å². The van der Waals surface area contributed by atoms with Gasteiger partial charge in [-0.25, -0.2) is 18.7 Å². The van der Waals surface area contributed by atoms with E-state index in [1.54, 1.807) is 0 Å². The van der Waals surface area contributed by atoms with Crippen molar-refractivity contribution >= 4 is 29.0 Å². The van der Waals surface area contributed by atoms with Crippen molar-refractivity contribution in [2.75, 3.05) is 17.7 Å². The van der Waals surface area contributed by atoms with E-state index >= 15 is 0 Å². The zero-order valence-electron chi connectivity index (χ0n) is 16.1. The van der Waals surface area contributed by atoms with E-state index in [2.05, 4.69) is 20.6 Å². The van der Waals surface area contributed by atoms with Gasteiger partial charge >= 0.3 is 0 Å².